The Balaban J connectivity index is 1.50. The molecule has 1 fully saturated rings. The lowest BCUT2D eigenvalue weighted by atomic mass is 9.97. The number of benzene rings is 1. The maximum atomic E-state index is 5.73. The number of anilines is 1. The largest absolute Gasteiger partial charge is 0.493 e. The van der Waals surface area contributed by atoms with Gasteiger partial charge in [-0.05, 0) is 45.7 Å². The van der Waals surface area contributed by atoms with Crippen molar-refractivity contribution in [3.8, 4) is 17.2 Å². The number of piperidine rings is 1. The van der Waals surface area contributed by atoms with Crippen molar-refractivity contribution in [2.45, 2.75) is 33.2 Å². The summed E-state index contributed by atoms with van der Waals surface area (Å²) in [6.07, 6.45) is 2.24. The second-order valence-electron chi connectivity index (χ2n) is 7.96. The summed E-state index contributed by atoms with van der Waals surface area (Å²) in [6, 6.07) is 3.72. The number of hydrogen-bond donors (Lipinski definition) is 2. The number of nitrogens with one attached hydrogen (secondary N) is 2. The third kappa shape index (κ3) is 5.85. The van der Waals surface area contributed by atoms with Crippen molar-refractivity contribution in [1.29, 1.82) is 0 Å². The lowest BCUT2D eigenvalue weighted by Gasteiger charge is -2.31. The van der Waals surface area contributed by atoms with E-state index in [1.165, 1.54) is 0 Å². The first-order valence-corrected chi connectivity index (χ1v) is 10.9. The average Bonchev–Trinajstić information content (AvgIpc) is 3.13. The molecule has 0 unspecified atom stereocenters. The highest BCUT2D eigenvalue weighted by Gasteiger charge is 2.21. The summed E-state index contributed by atoms with van der Waals surface area (Å²) < 4.78 is 22.0. The van der Waals surface area contributed by atoms with Crippen LogP contribution in [-0.4, -0.2) is 63.9 Å². The third-order valence-electron chi connectivity index (χ3n) is 5.85. The molecule has 176 valence electrons. The predicted molar refractivity (Wildman–Crippen MR) is 125 cm³/mol. The Kier molecular flexibility index (Phi) is 8.21. The summed E-state index contributed by atoms with van der Waals surface area (Å²) >= 11 is 0. The smallest absolute Gasteiger partial charge is 0.208 e. The van der Waals surface area contributed by atoms with Gasteiger partial charge in [0.1, 0.15) is 5.76 Å². The summed E-state index contributed by atoms with van der Waals surface area (Å²) in [6.45, 7) is 7.65. The number of ether oxygens (including phenoxy) is 3. The first-order valence-electron chi connectivity index (χ1n) is 10.9. The van der Waals surface area contributed by atoms with Gasteiger partial charge in [-0.25, -0.2) is 4.98 Å². The number of guanidine groups is 1. The van der Waals surface area contributed by atoms with E-state index in [1.54, 1.807) is 28.4 Å². The van der Waals surface area contributed by atoms with Crippen molar-refractivity contribution in [1.82, 2.24) is 15.2 Å². The monoisotopic (exact) mass is 445 g/mol. The van der Waals surface area contributed by atoms with Crippen molar-refractivity contribution in [3.05, 3.63) is 29.5 Å². The van der Waals surface area contributed by atoms with Crippen LogP contribution in [0.5, 0.6) is 17.2 Å². The zero-order valence-corrected chi connectivity index (χ0v) is 19.9. The number of nitrogens with zero attached hydrogens (tertiary/aromatic N) is 3. The van der Waals surface area contributed by atoms with Gasteiger partial charge in [0.2, 0.25) is 11.6 Å². The summed E-state index contributed by atoms with van der Waals surface area (Å²) in [7, 11) is 6.55. The number of hydrogen-bond acceptors (Lipinski definition) is 7. The van der Waals surface area contributed by atoms with E-state index in [2.05, 4.69) is 25.5 Å². The van der Waals surface area contributed by atoms with E-state index in [0.29, 0.717) is 29.1 Å². The lowest BCUT2D eigenvalue weighted by Crippen LogP contribution is -2.40. The standard InChI is InChI=1S/C23H35N5O4/c1-15-16(2)32-21(26-15)14-28-9-7-17(8-10-28)13-25-23(24-3)27-18-11-19(29-4)22(31-6)20(12-18)30-5/h11-12,17H,7-10,13-14H2,1-6H3,(H2,24,25,27). The zero-order chi connectivity index (χ0) is 23.1. The van der Waals surface area contributed by atoms with Gasteiger partial charge in [0.25, 0.3) is 0 Å². The quantitative estimate of drug-likeness (QED) is 0.473. The van der Waals surface area contributed by atoms with E-state index < -0.39 is 0 Å². The molecule has 1 saturated heterocycles. The number of aliphatic imine (C=N–C) groups is 1. The Morgan fingerprint density at radius 2 is 1.78 bits per heavy atom. The van der Waals surface area contributed by atoms with Crippen LogP contribution in [0.25, 0.3) is 0 Å². The number of oxazole rings is 1. The maximum absolute atomic E-state index is 5.73. The molecule has 2 heterocycles. The molecule has 2 N–H and O–H groups in total. The van der Waals surface area contributed by atoms with Gasteiger partial charge in [-0.2, -0.15) is 0 Å². The molecule has 0 amide bonds. The van der Waals surface area contributed by atoms with Crippen LogP contribution in [0.15, 0.2) is 21.5 Å². The molecular formula is C23H35N5O4. The summed E-state index contributed by atoms with van der Waals surface area (Å²) in [5.41, 5.74) is 1.78. The van der Waals surface area contributed by atoms with Crippen LogP contribution in [0.3, 0.4) is 0 Å². The first-order chi connectivity index (χ1) is 15.5. The Morgan fingerprint density at radius 3 is 2.28 bits per heavy atom. The van der Waals surface area contributed by atoms with E-state index in [1.807, 2.05) is 26.0 Å². The molecular weight excluding hydrogens is 410 g/mol. The number of likely N-dealkylation sites (tertiary alicyclic amines) is 1. The minimum Gasteiger partial charge on any atom is -0.493 e. The fraction of sp³-hybridized carbons (Fsp3) is 0.565. The first kappa shape index (κ1) is 23.7. The van der Waals surface area contributed by atoms with Gasteiger partial charge < -0.3 is 29.3 Å². The molecule has 2 aromatic rings. The fourth-order valence-electron chi connectivity index (χ4n) is 3.86. The van der Waals surface area contributed by atoms with Gasteiger partial charge in [-0.3, -0.25) is 9.89 Å². The minimum atomic E-state index is 0.560. The zero-order valence-electron chi connectivity index (χ0n) is 19.9. The molecule has 0 bridgehead atoms. The number of aromatic nitrogens is 1. The van der Waals surface area contributed by atoms with E-state index in [4.69, 9.17) is 18.6 Å². The fourth-order valence-corrected chi connectivity index (χ4v) is 3.86. The molecule has 0 radical (unpaired) electrons. The molecule has 0 saturated carbocycles. The molecule has 1 aliphatic heterocycles. The number of rotatable bonds is 8. The number of aryl methyl sites for hydroxylation is 2. The molecule has 9 nitrogen and oxygen atoms in total. The summed E-state index contributed by atoms with van der Waals surface area (Å²) in [5.74, 6) is 4.74. The molecule has 1 aromatic heterocycles. The molecule has 0 spiro atoms. The summed E-state index contributed by atoms with van der Waals surface area (Å²) in [4.78, 5) is 11.3. The van der Waals surface area contributed by atoms with Crippen molar-refractivity contribution >= 4 is 11.6 Å². The normalized spacial score (nSPS) is 15.5. The van der Waals surface area contributed by atoms with Crippen LogP contribution in [-0.2, 0) is 6.54 Å². The van der Waals surface area contributed by atoms with Crippen LogP contribution in [0, 0.1) is 19.8 Å². The Morgan fingerprint density at radius 1 is 1.12 bits per heavy atom. The van der Waals surface area contributed by atoms with Gasteiger partial charge >= 0.3 is 0 Å². The van der Waals surface area contributed by atoms with Crippen molar-refractivity contribution in [2.75, 3.05) is 53.3 Å². The molecule has 32 heavy (non-hydrogen) atoms. The Labute approximate surface area is 190 Å². The molecule has 1 aromatic carbocycles. The molecule has 3 rings (SSSR count). The van der Waals surface area contributed by atoms with Crippen LogP contribution in [0.4, 0.5) is 5.69 Å². The van der Waals surface area contributed by atoms with E-state index in [0.717, 1.165) is 62.1 Å². The molecule has 1 aliphatic rings. The maximum Gasteiger partial charge on any atom is 0.208 e. The van der Waals surface area contributed by atoms with Gasteiger partial charge in [-0.15, -0.1) is 0 Å². The predicted octanol–water partition coefficient (Wildman–Crippen LogP) is 3.22. The topological polar surface area (TPSA) is 93.4 Å². The minimum absolute atomic E-state index is 0.560. The van der Waals surface area contributed by atoms with Gasteiger partial charge in [0.15, 0.2) is 17.5 Å². The van der Waals surface area contributed by atoms with Crippen LogP contribution in [0.2, 0.25) is 0 Å². The van der Waals surface area contributed by atoms with Crippen molar-refractivity contribution in [3.63, 3.8) is 0 Å². The lowest BCUT2D eigenvalue weighted by molar-refractivity contribution is 0.164. The SMILES string of the molecule is CN=C(NCC1CCN(Cc2nc(C)c(C)o2)CC1)Nc1cc(OC)c(OC)c(OC)c1. The third-order valence-corrected chi connectivity index (χ3v) is 5.85. The highest BCUT2D eigenvalue weighted by Crippen LogP contribution is 2.39. The molecule has 9 heteroatoms. The van der Waals surface area contributed by atoms with Gasteiger partial charge in [0.05, 0.1) is 33.6 Å². The molecule has 0 aliphatic carbocycles. The second kappa shape index (κ2) is 11.1. The molecule has 0 atom stereocenters. The second-order valence-corrected chi connectivity index (χ2v) is 7.96. The van der Waals surface area contributed by atoms with E-state index in [-0.39, 0.29) is 0 Å². The number of methoxy groups -OCH3 is 3. The Bertz CT molecular complexity index is 875. The van der Waals surface area contributed by atoms with Crippen LogP contribution < -0.4 is 24.8 Å². The average molecular weight is 446 g/mol. The van der Waals surface area contributed by atoms with E-state index in [9.17, 15) is 0 Å². The highest BCUT2D eigenvalue weighted by atomic mass is 16.5. The highest BCUT2D eigenvalue weighted by molar-refractivity contribution is 5.94. The van der Waals surface area contributed by atoms with Gasteiger partial charge in [0, 0.05) is 31.4 Å². The van der Waals surface area contributed by atoms with E-state index >= 15 is 0 Å². The van der Waals surface area contributed by atoms with Crippen molar-refractivity contribution < 1.29 is 18.6 Å². The summed E-state index contributed by atoms with van der Waals surface area (Å²) in [5, 5.41) is 6.75. The van der Waals surface area contributed by atoms with Crippen LogP contribution in [0.1, 0.15) is 30.2 Å². The van der Waals surface area contributed by atoms with Gasteiger partial charge in [-0.1, -0.05) is 0 Å². The van der Waals surface area contributed by atoms with Crippen molar-refractivity contribution in [2.24, 2.45) is 10.9 Å². The Hall–Kier alpha value is -2.94. The van der Waals surface area contributed by atoms with Crippen LogP contribution >= 0.6 is 0 Å².